The Bertz CT molecular complexity index is 255. The van der Waals surface area contributed by atoms with Crippen LogP contribution < -0.4 is 0 Å². The fraction of sp³-hybridized carbons (Fsp3) is 0.867. The summed E-state index contributed by atoms with van der Waals surface area (Å²) in [5.41, 5.74) is 0.000702. The molecular weight excluding hydrogens is 315 g/mol. The van der Waals surface area contributed by atoms with Crippen molar-refractivity contribution < 1.29 is 32.7 Å². The van der Waals surface area contributed by atoms with Crippen molar-refractivity contribution in [3.8, 4) is 0 Å². The van der Waals surface area contributed by atoms with Crippen LogP contribution in [-0.2, 0) is 32.7 Å². The Kier molecular flexibility index (Phi) is 8.01. The van der Waals surface area contributed by atoms with Gasteiger partial charge < -0.3 is 18.7 Å². The molecule has 0 aliphatic carbocycles. The molecule has 0 aromatic heterocycles. The normalized spacial score (nSPS) is 40.5. The fourth-order valence-corrected chi connectivity index (χ4v) is 3.63. The molecular formula is C15H29NSY-2. The zero-order valence-corrected chi connectivity index (χ0v) is 16.3. The van der Waals surface area contributed by atoms with Crippen LogP contribution in [0.4, 0.5) is 0 Å². The zero-order chi connectivity index (χ0) is 13.3. The first kappa shape index (κ1) is 19.4. The van der Waals surface area contributed by atoms with Gasteiger partial charge in [-0.2, -0.15) is 18.5 Å². The molecule has 1 aliphatic heterocycles. The minimum absolute atomic E-state index is 0. The van der Waals surface area contributed by atoms with Crippen LogP contribution in [0.2, 0.25) is 0 Å². The van der Waals surface area contributed by atoms with E-state index < -0.39 is 0 Å². The molecule has 4 unspecified atom stereocenters. The molecule has 0 N–H and O–H groups in total. The second-order valence-electron chi connectivity index (χ2n) is 6.70. The predicted molar refractivity (Wildman–Crippen MR) is 80.2 cm³/mol. The van der Waals surface area contributed by atoms with E-state index in [9.17, 15) is 0 Å². The molecule has 0 bridgehead atoms. The van der Waals surface area contributed by atoms with Crippen molar-refractivity contribution in [2.45, 2.75) is 44.8 Å². The fourth-order valence-electron chi connectivity index (χ4n) is 3.16. The van der Waals surface area contributed by atoms with Crippen LogP contribution >= 0.6 is 12.6 Å². The molecule has 0 amide bonds. The molecule has 1 saturated heterocycles. The maximum absolute atomic E-state index is 4.97. The molecule has 18 heavy (non-hydrogen) atoms. The van der Waals surface area contributed by atoms with E-state index in [2.05, 4.69) is 46.6 Å². The molecule has 0 saturated carbocycles. The van der Waals surface area contributed by atoms with E-state index in [1.807, 2.05) is 0 Å². The van der Waals surface area contributed by atoms with E-state index in [0.717, 1.165) is 25.3 Å². The largest absolute Gasteiger partial charge is 0.341 e. The number of likely N-dealkylation sites (tertiary alicyclic amines) is 1. The Labute approximate surface area is 145 Å². The molecule has 1 heterocycles. The predicted octanol–water partition coefficient (Wildman–Crippen LogP) is 3.71. The summed E-state index contributed by atoms with van der Waals surface area (Å²) in [5, 5.41) is 0. The quantitative estimate of drug-likeness (QED) is 0.590. The van der Waals surface area contributed by atoms with Gasteiger partial charge in [0.25, 0.3) is 0 Å². The van der Waals surface area contributed by atoms with Crippen LogP contribution in [0, 0.1) is 31.1 Å². The molecule has 1 fully saturated rings. The van der Waals surface area contributed by atoms with E-state index in [-0.39, 0.29) is 42.9 Å². The number of nitrogens with zero attached hydrogens (tertiary/aromatic N) is 1. The molecule has 1 aliphatic rings. The minimum Gasteiger partial charge on any atom is -0.341 e. The summed E-state index contributed by atoms with van der Waals surface area (Å²) in [6.45, 7) is 17.7. The van der Waals surface area contributed by atoms with Crippen LogP contribution in [0.15, 0.2) is 0 Å². The maximum atomic E-state index is 4.97. The van der Waals surface area contributed by atoms with Gasteiger partial charge in [-0.15, -0.1) is 5.41 Å². The van der Waals surface area contributed by atoms with Crippen molar-refractivity contribution in [1.29, 1.82) is 0 Å². The molecule has 105 valence electrons. The molecule has 4 atom stereocenters. The Hall–Kier alpha value is 1.41. The Morgan fingerprint density at radius 3 is 2.56 bits per heavy atom. The van der Waals surface area contributed by atoms with Crippen molar-refractivity contribution in [1.82, 2.24) is 4.90 Å². The van der Waals surface area contributed by atoms with Gasteiger partial charge in [0, 0.05) is 32.7 Å². The summed E-state index contributed by atoms with van der Waals surface area (Å²) in [5.74, 6) is 1.16. The summed E-state index contributed by atoms with van der Waals surface area (Å²) in [6, 6.07) is 0. The van der Waals surface area contributed by atoms with Crippen LogP contribution in [0.1, 0.15) is 40.0 Å². The van der Waals surface area contributed by atoms with Gasteiger partial charge in [-0.1, -0.05) is 27.2 Å². The van der Waals surface area contributed by atoms with Crippen LogP contribution in [0.25, 0.3) is 0 Å². The average Bonchev–Trinajstić information content (AvgIpc) is 2.11. The van der Waals surface area contributed by atoms with Crippen molar-refractivity contribution in [3.63, 3.8) is 0 Å². The second-order valence-corrected chi connectivity index (χ2v) is 7.69. The van der Waals surface area contributed by atoms with Crippen LogP contribution in [-0.4, -0.2) is 29.8 Å². The number of hydrogen-bond acceptors (Lipinski definition) is 2. The topological polar surface area (TPSA) is 3.24 Å². The molecule has 1 nitrogen and oxygen atoms in total. The average molecular weight is 344 g/mol. The number of rotatable bonds is 2. The third-order valence-electron chi connectivity index (χ3n) is 4.20. The first-order chi connectivity index (χ1) is 7.66. The zero-order valence-electron chi connectivity index (χ0n) is 12.6. The van der Waals surface area contributed by atoms with Gasteiger partial charge >= 0.3 is 0 Å². The number of hydrogen-bond donors (Lipinski definition) is 1. The van der Waals surface area contributed by atoms with E-state index in [4.69, 9.17) is 12.6 Å². The van der Waals surface area contributed by atoms with Crippen LogP contribution in [0.3, 0.4) is 0 Å². The Balaban J connectivity index is 0.00000289. The Morgan fingerprint density at radius 2 is 2.06 bits per heavy atom. The van der Waals surface area contributed by atoms with Crippen molar-refractivity contribution >= 4 is 12.6 Å². The molecule has 0 aromatic rings. The third kappa shape index (κ3) is 5.07. The first-order valence-corrected chi connectivity index (χ1v) is 7.20. The molecule has 3 heteroatoms. The molecule has 0 aromatic carbocycles. The summed E-state index contributed by atoms with van der Waals surface area (Å²) < 4.78 is -0.00690. The second kappa shape index (κ2) is 7.43. The first-order valence-electron chi connectivity index (χ1n) is 6.76. The monoisotopic (exact) mass is 344 g/mol. The van der Waals surface area contributed by atoms with Gasteiger partial charge in [0.05, 0.1) is 0 Å². The van der Waals surface area contributed by atoms with Gasteiger partial charge in [0.15, 0.2) is 0 Å². The summed E-state index contributed by atoms with van der Waals surface area (Å²) in [4.78, 5) is 2.42. The van der Waals surface area contributed by atoms with Gasteiger partial charge in [-0.3, -0.25) is 0 Å². The van der Waals surface area contributed by atoms with Crippen molar-refractivity contribution in [3.05, 3.63) is 13.8 Å². The standard InChI is InChI=1S/C15H29NS.Y/c1-12(2)9-14(4)11-16(6)8-7-13(3)10-15(14,5)17;/h12-13,17H,1,4,7-11H2,2-3,5-6H3;/q-2;. The van der Waals surface area contributed by atoms with E-state index in [1.165, 1.54) is 13.0 Å². The van der Waals surface area contributed by atoms with Crippen molar-refractivity contribution in [2.75, 3.05) is 20.1 Å². The van der Waals surface area contributed by atoms with Gasteiger partial charge in [-0.25, -0.2) is 0 Å². The summed E-state index contributed by atoms with van der Waals surface area (Å²) in [7, 11) is 2.20. The van der Waals surface area contributed by atoms with Gasteiger partial charge in [0.1, 0.15) is 0 Å². The molecule has 1 radical (unpaired) electrons. The van der Waals surface area contributed by atoms with Crippen LogP contribution in [0.5, 0.6) is 0 Å². The van der Waals surface area contributed by atoms with E-state index in [1.54, 1.807) is 0 Å². The van der Waals surface area contributed by atoms with E-state index >= 15 is 0 Å². The summed E-state index contributed by atoms with van der Waals surface area (Å²) in [6.07, 6.45) is 3.47. The maximum Gasteiger partial charge on any atom is 0 e. The minimum atomic E-state index is -0.00690. The van der Waals surface area contributed by atoms with Crippen molar-refractivity contribution in [2.24, 2.45) is 17.3 Å². The number of thiol groups is 1. The SMILES string of the molecule is [CH2-]C(C)CC1([CH2-])CN(C)CCC(C)CC1(C)S.[Y]. The molecule has 1 rings (SSSR count). The van der Waals surface area contributed by atoms with Gasteiger partial charge in [-0.05, 0) is 43.6 Å². The van der Waals surface area contributed by atoms with Gasteiger partial charge in [0.2, 0.25) is 0 Å². The summed E-state index contributed by atoms with van der Waals surface area (Å²) >= 11 is 4.97. The smallest absolute Gasteiger partial charge is 0 e. The Morgan fingerprint density at radius 1 is 1.50 bits per heavy atom. The van der Waals surface area contributed by atoms with E-state index in [0.29, 0.717) is 5.92 Å². The molecule has 0 spiro atoms. The third-order valence-corrected chi connectivity index (χ3v) is 4.86.